The highest BCUT2D eigenvalue weighted by atomic mass is 16.4. The number of aryl methyl sites for hydroxylation is 2. The van der Waals surface area contributed by atoms with Crippen molar-refractivity contribution in [2.45, 2.75) is 45.7 Å². The lowest BCUT2D eigenvalue weighted by Crippen LogP contribution is -2.23. The van der Waals surface area contributed by atoms with Gasteiger partial charge in [0.2, 0.25) is 11.8 Å². The Morgan fingerprint density at radius 3 is 3.05 bits per heavy atom. The van der Waals surface area contributed by atoms with Gasteiger partial charge in [-0.3, -0.25) is 0 Å². The molecule has 2 aromatic rings. The number of nitrogens with zero attached hydrogens (tertiary/aromatic N) is 3. The lowest BCUT2D eigenvalue weighted by Gasteiger charge is -2.22. The van der Waals surface area contributed by atoms with E-state index in [4.69, 9.17) is 4.42 Å². The summed E-state index contributed by atoms with van der Waals surface area (Å²) in [4.78, 5) is 0. The van der Waals surface area contributed by atoms with E-state index in [0.29, 0.717) is 24.4 Å². The van der Waals surface area contributed by atoms with Crippen molar-refractivity contribution >= 4 is 0 Å². The molecule has 0 saturated carbocycles. The third kappa shape index (κ3) is 2.56. The number of hydrogen-bond donors (Lipinski definition) is 1. The van der Waals surface area contributed by atoms with E-state index in [-0.39, 0.29) is 0 Å². The second kappa shape index (κ2) is 5.17. The Morgan fingerprint density at radius 1 is 1.42 bits per heavy atom. The topological polar surface area (TPSA) is 55.9 Å². The summed E-state index contributed by atoms with van der Waals surface area (Å²) in [6.07, 6.45) is 8.10. The minimum Gasteiger partial charge on any atom is -0.424 e. The fraction of sp³-hybridized carbons (Fsp3) is 0.571. The van der Waals surface area contributed by atoms with Gasteiger partial charge in [0.1, 0.15) is 6.54 Å². The second-order valence-electron chi connectivity index (χ2n) is 5.13. The van der Waals surface area contributed by atoms with Crippen LogP contribution in [0.3, 0.4) is 0 Å². The molecule has 1 atom stereocenters. The predicted molar refractivity (Wildman–Crippen MR) is 71.9 cm³/mol. The molecule has 2 heterocycles. The first kappa shape index (κ1) is 12.4. The Morgan fingerprint density at radius 2 is 2.32 bits per heavy atom. The van der Waals surface area contributed by atoms with Crippen LogP contribution in [0.5, 0.6) is 0 Å². The van der Waals surface area contributed by atoms with Gasteiger partial charge < -0.3 is 14.3 Å². The molecule has 0 aromatic carbocycles. The number of nitrogens with one attached hydrogen (secondary N) is 1. The number of hydrogen-bond acceptors (Lipinski definition) is 4. The van der Waals surface area contributed by atoms with Gasteiger partial charge >= 0.3 is 0 Å². The molecule has 5 heteroatoms. The molecule has 0 spiro atoms. The summed E-state index contributed by atoms with van der Waals surface area (Å²) in [7, 11) is 0. The van der Waals surface area contributed by atoms with Crippen LogP contribution >= 0.6 is 0 Å². The highest BCUT2D eigenvalue weighted by molar-refractivity contribution is 5.30. The Bertz CT molecular complexity index is 558. The molecule has 0 saturated heterocycles. The predicted octanol–water partition coefficient (Wildman–Crippen LogP) is 2.21. The molecule has 2 aromatic heterocycles. The summed E-state index contributed by atoms with van der Waals surface area (Å²) in [5, 5.41) is 11.5. The van der Waals surface area contributed by atoms with Crippen LogP contribution in [0.15, 0.2) is 16.8 Å². The highest BCUT2D eigenvalue weighted by Crippen LogP contribution is 2.30. The average molecular weight is 260 g/mol. The van der Waals surface area contributed by atoms with Crippen molar-refractivity contribution < 1.29 is 4.42 Å². The third-order valence-electron chi connectivity index (χ3n) is 3.65. The fourth-order valence-corrected chi connectivity index (χ4v) is 2.86. The summed E-state index contributed by atoms with van der Waals surface area (Å²) in [5.41, 5.74) is 2.89. The van der Waals surface area contributed by atoms with Crippen molar-refractivity contribution in [3.05, 3.63) is 35.3 Å². The zero-order valence-electron chi connectivity index (χ0n) is 11.5. The molecule has 1 aliphatic rings. The molecule has 0 radical (unpaired) electrons. The number of rotatable bonds is 4. The summed E-state index contributed by atoms with van der Waals surface area (Å²) in [6, 6.07) is 0.499. The van der Waals surface area contributed by atoms with Crippen LogP contribution in [0.2, 0.25) is 0 Å². The van der Waals surface area contributed by atoms with Crippen molar-refractivity contribution in [1.82, 2.24) is 20.1 Å². The molecular weight excluding hydrogens is 240 g/mol. The van der Waals surface area contributed by atoms with Crippen molar-refractivity contribution in [1.29, 1.82) is 0 Å². The molecule has 0 amide bonds. The monoisotopic (exact) mass is 260 g/mol. The van der Waals surface area contributed by atoms with E-state index in [2.05, 4.69) is 39.4 Å². The summed E-state index contributed by atoms with van der Waals surface area (Å²) in [5.74, 6) is 1.29. The minimum absolute atomic E-state index is 0.499. The molecule has 102 valence electrons. The molecule has 0 fully saturated rings. The van der Waals surface area contributed by atoms with Crippen molar-refractivity contribution in [3.8, 4) is 0 Å². The smallest absolute Gasteiger partial charge is 0.236 e. The van der Waals surface area contributed by atoms with Gasteiger partial charge in [-0.25, -0.2) is 0 Å². The minimum atomic E-state index is 0.499. The zero-order chi connectivity index (χ0) is 13.2. The van der Waals surface area contributed by atoms with Crippen LogP contribution in [0.4, 0.5) is 0 Å². The summed E-state index contributed by atoms with van der Waals surface area (Å²) in [6.45, 7) is 5.65. The van der Waals surface area contributed by atoms with E-state index in [0.717, 1.165) is 6.54 Å². The van der Waals surface area contributed by atoms with Gasteiger partial charge in [-0.1, -0.05) is 6.92 Å². The van der Waals surface area contributed by atoms with Crippen LogP contribution in [0.1, 0.15) is 48.7 Å². The van der Waals surface area contributed by atoms with Crippen LogP contribution in [-0.2, 0) is 13.0 Å². The average Bonchev–Trinajstić information content (AvgIpc) is 2.97. The van der Waals surface area contributed by atoms with Gasteiger partial charge in [-0.15, -0.1) is 10.2 Å². The van der Waals surface area contributed by atoms with Crippen molar-refractivity contribution in [3.63, 3.8) is 0 Å². The number of aromatic nitrogens is 3. The van der Waals surface area contributed by atoms with Gasteiger partial charge in [-0.2, -0.15) is 0 Å². The lowest BCUT2D eigenvalue weighted by molar-refractivity contribution is 0.454. The van der Waals surface area contributed by atoms with Crippen LogP contribution < -0.4 is 5.32 Å². The maximum atomic E-state index is 5.44. The van der Waals surface area contributed by atoms with Gasteiger partial charge in [0.25, 0.3) is 0 Å². The number of fused-ring (bicyclic) bond motifs is 1. The first-order chi connectivity index (χ1) is 9.26. The first-order valence-corrected chi connectivity index (χ1v) is 6.97. The quantitative estimate of drug-likeness (QED) is 0.915. The highest BCUT2D eigenvalue weighted by Gasteiger charge is 2.21. The van der Waals surface area contributed by atoms with E-state index in [9.17, 15) is 0 Å². The van der Waals surface area contributed by atoms with E-state index >= 15 is 0 Å². The van der Waals surface area contributed by atoms with Crippen LogP contribution in [0, 0.1) is 6.92 Å². The standard InChI is InChI=1S/C14H20N4O/c1-3-15-13-6-4-5-11-7-18(8-12(11)13)9-14-17-16-10(2)19-14/h7-8,13,15H,3-6,9H2,1-2H3. The first-order valence-electron chi connectivity index (χ1n) is 6.97. The Kier molecular flexibility index (Phi) is 3.38. The maximum absolute atomic E-state index is 5.44. The largest absolute Gasteiger partial charge is 0.424 e. The molecule has 1 aliphatic carbocycles. The second-order valence-corrected chi connectivity index (χ2v) is 5.13. The normalized spacial score (nSPS) is 18.5. The van der Waals surface area contributed by atoms with Gasteiger partial charge in [0.05, 0.1) is 0 Å². The van der Waals surface area contributed by atoms with Crippen LogP contribution in [0.25, 0.3) is 0 Å². The van der Waals surface area contributed by atoms with Gasteiger partial charge in [0, 0.05) is 25.4 Å². The Balaban J connectivity index is 1.81. The van der Waals surface area contributed by atoms with E-state index in [1.807, 2.05) is 6.92 Å². The lowest BCUT2D eigenvalue weighted by atomic mass is 9.91. The third-order valence-corrected chi connectivity index (χ3v) is 3.65. The van der Waals surface area contributed by atoms with Gasteiger partial charge in [0.15, 0.2) is 0 Å². The van der Waals surface area contributed by atoms with E-state index < -0.39 is 0 Å². The van der Waals surface area contributed by atoms with E-state index in [1.165, 1.54) is 30.4 Å². The van der Waals surface area contributed by atoms with E-state index in [1.54, 1.807) is 0 Å². The molecule has 1 N–H and O–H groups in total. The molecule has 1 unspecified atom stereocenters. The molecule has 3 rings (SSSR count). The molecule has 5 nitrogen and oxygen atoms in total. The Labute approximate surface area is 113 Å². The maximum Gasteiger partial charge on any atom is 0.236 e. The molecule has 0 bridgehead atoms. The Hall–Kier alpha value is -1.62. The van der Waals surface area contributed by atoms with Crippen molar-refractivity contribution in [2.75, 3.05) is 6.54 Å². The molecular formula is C14H20N4O. The van der Waals surface area contributed by atoms with Crippen LogP contribution in [-0.4, -0.2) is 21.3 Å². The summed E-state index contributed by atoms with van der Waals surface area (Å²) >= 11 is 0. The molecule has 19 heavy (non-hydrogen) atoms. The van der Waals surface area contributed by atoms with Gasteiger partial charge in [-0.05, 0) is 36.9 Å². The molecule has 0 aliphatic heterocycles. The fourth-order valence-electron chi connectivity index (χ4n) is 2.86. The SMILES string of the molecule is CCNC1CCCc2cn(Cc3nnc(C)o3)cc21. The van der Waals surface area contributed by atoms with Crippen molar-refractivity contribution in [2.24, 2.45) is 0 Å². The zero-order valence-corrected chi connectivity index (χ0v) is 11.5. The summed E-state index contributed by atoms with van der Waals surface area (Å²) < 4.78 is 7.60.